The zero-order valence-electron chi connectivity index (χ0n) is 17.6. The molecular formula is C20H32N6O3. The Kier molecular flexibility index (Phi) is 8.85. The number of carbonyl (C=O) groups excluding carboxylic acids is 1. The minimum Gasteiger partial charge on any atom is -0.354 e. The van der Waals surface area contributed by atoms with Crippen molar-refractivity contribution in [2.75, 3.05) is 40.3 Å². The number of likely N-dealkylation sites (N-methyl/N-ethyl adjacent to an activating group) is 1. The number of hydrogen-bond acceptors (Lipinski definition) is 5. The summed E-state index contributed by atoms with van der Waals surface area (Å²) in [7, 11) is 3.43. The second kappa shape index (κ2) is 11.4. The van der Waals surface area contributed by atoms with Gasteiger partial charge < -0.3 is 20.4 Å². The van der Waals surface area contributed by atoms with Crippen LogP contribution >= 0.6 is 0 Å². The fourth-order valence-electron chi connectivity index (χ4n) is 3.17. The second-order valence-electron chi connectivity index (χ2n) is 7.49. The molecule has 160 valence electrons. The first-order chi connectivity index (χ1) is 13.9. The quantitative estimate of drug-likeness (QED) is 0.295. The molecule has 9 nitrogen and oxygen atoms in total. The van der Waals surface area contributed by atoms with E-state index in [0.717, 1.165) is 44.5 Å². The largest absolute Gasteiger partial charge is 0.354 e. The van der Waals surface area contributed by atoms with Crippen LogP contribution in [0.15, 0.2) is 29.3 Å². The van der Waals surface area contributed by atoms with Gasteiger partial charge in [-0.2, -0.15) is 0 Å². The minimum absolute atomic E-state index is 0.0346. The third kappa shape index (κ3) is 7.69. The van der Waals surface area contributed by atoms with Crippen LogP contribution in [0.5, 0.6) is 0 Å². The molecule has 0 unspecified atom stereocenters. The Labute approximate surface area is 172 Å². The Balaban J connectivity index is 1.99. The molecule has 1 amide bonds. The molecule has 2 N–H and O–H groups in total. The minimum atomic E-state index is -0.417. The van der Waals surface area contributed by atoms with E-state index in [1.54, 1.807) is 26.2 Å². The van der Waals surface area contributed by atoms with Crippen LogP contribution < -0.4 is 10.6 Å². The summed E-state index contributed by atoms with van der Waals surface area (Å²) >= 11 is 0. The van der Waals surface area contributed by atoms with Gasteiger partial charge in [-0.05, 0) is 31.4 Å². The van der Waals surface area contributed by atoms with Crippen molar-refractivity contribution in [3.8, 4) is 0 Å². The van der Waals surface area contributed by atoms with Gasteiger partial charge in [0, 0.05) is 45.4 Å². The van der Waals surface area contributed by atoms with Gasteiger partial charge in [0.2, 0.25) is 5.91 Å². The summed E-state index contributed by atoms with van der Waals surface area (Å²) in [6.07, 6.45) is 3.22. The van der Waals surface area contributed by atoms with Crippen LogP contribution in [0, 0.1) is 10.1 Å². The van der Waals surface area contributed by atoms with E-state index in [-0.39, 0.29) is 18.1 Å². The van der Waals surface area contributed by atoms with Crippen LogP contribution in [0.3, 0.4) is 0 Å². The Hall–Kier alpha value is -2.68. The summed E-state index contributed by atoms with van der Waals surface area (Å²) in [4.78, 5) is 30.9. The van der Waals surface area contributed by atoms with Crippen molar-refractivity contribution < 1.29 is 9.72 Å². The van der Waals surface area contributed by atoms with Gasteiger partial charge in [0.25, 0.3) is 5.69 Å². The van der Waals surface area contributed by atoms with Gasteiger partial charge in [-0.25, -0.2) is 4.99 Å². The fraction of sp³-hybridized carbons (Fsp3) is 0.600. The van der Waals surface area contributed by atoms with Gasteiger partial charge in [0.05, 0.1) is 18.0 Å². The summed E-state index contributed by atoms with van der Waals surface area (Å²) < 4.78 is 0. The molecule has 1 aliphatic rings. The average Bonchev–Trinajstić information content (AvgIpc) is 2.71. The number of guanidine groups is 1. The first-order valence-corrected chi connectivity index (χ1v) is 10.1. The third-order valence-electron chi connectivity index (χ3n) is 4.94. The van der Waals surface area contributed by atoms with E-state index >= 15 is 0 Å². The lowest BCUT2D eigenvalue weighted by Crippen LogP contribution is -2.50. The molecule has 0 saturated carbocycles. The number of benzene rings is 1. The molecule has 1 fully saturated rings. The lowest BCUT2D eigenvalue weighted by Gasteiger charge is -2.32. The molecule has 0 spiro atoms. The number of amides is 1. The van der Waals surface area contributed by atoms with E-state index in [2.05, 4.69) is 27.4 Å². The Bertz CT molecular complexity index is 697. The van der Waals surface area contributed by atoms with Gasteiger partial charge in [-0.15, -0.1) is 0 Å². The van der Waals surface area contributed by atoms with E-state index in [0.29, 0.717) is 18.5 Å². The number of nitro groups is 1. The summed E-state index contributed by atoms with van der Waals surface area (Å²) in [5.74, 6) is 0.556. The van der Waals surface area contributed by atoms with E-state index < -0.39 is 4.92 Å². The number of nitrogens with zero attached hydrogens (tertiary/aromatic N) is 4. The van der Waals surface area contributed by atoms with Crippen LogP contribution in [0.4, 0.5) is 5.69 Å². The maximum Gasteiger partial charge on any atom is 0.269 e. The van der Waals surface area contributed by atoms with E-state index in [4.69, 9.17) is 0 Å². The van der Waals surface area contributed by atoms with Gasteiger partial charge in [0.1, 0.15) is 0 Å². The highest BCUT2D eigenvalue weighted by atomic mass is 16.6. The van der Waals surface area contributed by atoms with E-state index in [1.807, 2.05) is 0 Å². The molecule has 1 aromatic carbocycles. The third-order valence-corrected chi connectivity index (χ3v) is 4.94. The van der Waals surface area contributed by atoms with E-state index in [1.165, 1.54) is 17.0 Å². The van der Waals surface area contributed by atoms with Crippen molar-refractivity contribution in [1.29, 1.82) is 0 Å². The predicted octanol–water partition coefficient (Wildman–Crippen LogP) is 1.59. The Morgan fingerprint density at radius 1 is 1.28 bits per heavy atom. The molecular weight excluding hydrogens is 372 g/mol. The maximum absolute atomic E-state index is 11.9. The van der Waals surface area contributed by atoms with Crippen LogP contribution in [0.1, 0.15) is 31.7 Å². The smallest absolute Gasteiger partial charge is 0.269 e. The number of non-ortho nitro benzene ring substituents is 1. The second-order valence-corrected chi connectivity index (χ2v) is 7.49. The first-order valence-electron chi connectivity index (χ1n) is 10.1. The lowest BCUT2D eigenvalue weighted by atomic mass is 10.1. The molecule has 1 saturated heterocycles. The molecule has 0 aliphatic carbocycles. The molecule has 0 atom stereocenters. The number of nitro benzene ring substituents is 1. The number of piperidine rings is 1. The summed E-state index contributed by atoms with van der Waals surface area (Å²) in [5.41, 5.74) is 0.929. The molecule has 0 bridgehead atoms. The van der Waals surface area contributed by atoms with Gasteiger partial charge in [-0.3, -0.25) is 14.9 Å². The van der Waals surface area contributed by atoms with Crippen LogP contribution in [0.25, 0.3) is 0 Å². The highest BCUT2D eigenvalue weighted by Crippen LogP contribution is 2.13. The van der Waals surface area contributed by atoms with E-state index in [9.17, 15) is 14.9 Å². The van der Waals surface area contributed by atoms with Crippen molar-refractivity contribution in [3.63, 3.8) is 0 Å². The van der Waals surface area contributed by atoms with Gasteiger partial charge in [0.15, 0.2) is 5.96 Å². The van der Waals surface area contributed by atoms with Crippen LogP contribution in [0.2, 0.25) is 0 Å². The zero-order valence-corrected chi connectivity index (χ0v) is 17.6. The number of carbonyl (C=O) groups is 1. The molecule has 2 rings (SSSR count). The normalized spacial score (nSPS) is 15.8. The molecule has 1 aliphatic heterocycles. The highest BCUT2D eigenvalue weighted by Gasteiger charge is 2.19. The van der Waals surface area contributed by atoms with Crippen molar-refractivity contribution in [1.82, 2.24) is 20.4 Å². The van der Waals surface area contributed by atoms with Gasteiger partial charge in [-0.1, -0.05) is 19.1 Å². The fourth-order valence-corrected chi connectivity index (χ4v) is 3.17. The lowest BCUT2D eigenvalue weighted by molar-refractivity contribution is -0.384. The molecule has 1 heterocycles. The monoisotopic (exact) mass is 404 g/mol. The Morgan fingerprint density at radius 3 is 2.48 bits per heavy atom. The van der Waals surface area contributed by atoms with Crippen molar-refractivity contribution in [3.05, 3.63) is 39.9 Å². The summed E-state index contributed by atoms with van der Waals surface area (Å²) in [6, 6.07) is 6.66. The van der Waals surface area contributed by atoms with Crippen LogP contribution in [-0.2, 0) is 11.3 Å². The molecule has 0 radical (unpaired) electrons. The molecule has 1 aromatic rings. The summed E-state index contributed by atoms with van der Waals surface area (Å²) in [5, 5.41) is 17.3. The molecule has 29 heavy (non-hydrogen) atoms. The average molecular weight is 405 g/mol. The summed E-state index contributed by atoms with van der Waals surface area (Å²) in [6.45, 7) is 5.96. The maximum atomic E-state index is 11.9. The van der Waals surface area contributed by atoms with Crippen molar-refractivity contribution in [2.45, 2.75) is 38.8 Å². The predicted molar refractivity (Wildman–Crippen MR) is 114 cm³/mol. The van der Waals surface area contributed by atoms with Gasteiger partial charge >= 0.3 is 0 Å². The molecule has 9 heteroatoms. The molecule has 0 aromatic heterocycles. The number of nitrogens with one attached hydrogen (secondary N) is 2. The van der Waals surface area contributed by atoms with Crippen molar-refractivity contribution in [2.24, 2.45) is 4.99 Å². The topological polar surface area (TPSA) is 103 Å². The number of likely N-dealkylation sites (tertiary alicyclic amines) is 1. The van der Waals surface area contributed by atoms with Crippen molar-refractivity contribution >= 4 is 17.6 Å². The number of hydrogen-bond donors (Lipinski definition) is 2. The highest BCUT2D eigenvalue weighted by molar-refractivity contribution is 5.86. The van der Waals surface area contributed by atoms with Crippen LogP contribution in [-0.4, -0.2) is 72.9 Å². The number of rotatable bonds is 8. The standard InChI is InChI=1S/C20H32N6O3/c1-4-11-25-12-9-17(10-13-25)23-20(22-15-19(27)24(2)3)21-14-16-5-7-18(8-6-16)26(28)29/h5-8,17H,4,9-15H2,1-3H3,(H2,21,22,23). The SMILES string of the molecule is CCCN1CCC(NC(=NCc2ccc([N+](=O)[O-])cc2)NCC(=O)N(C)C)CC1. The number of aliphatic imine (C=N–C) groups is 1. The zero-order chi connectivity index (χ0) is 21.2. The Morgan fingerprint density at radius 2 is 1.93 bits per heavy atom. The first kappa shape index (κ1) is 22.6.